The Labute approximate surface area is 103 Å². The highest BCUT2D eigenvalue weighted by atomic mass is 19.1. The third-order valence-corrected chi connectivity index (χ3v) is 3.09. The van der Waals surface area contributed by atoms with Gasteiger partial charge in [-0.1, -0.05) is 0 Å². The topological polar surface area (TPSA) is 46.5 Å². The van der Waals surface area contributed by atoms with Gasteiger partial charge in [0.2, 0.25) is 0 Å². The van der Waals surface area contributed by atoms with Gasteiger partial charge < -0.3 is 9.84 Å². The van der Waals surface area contributed by atoms with Crippen molar-refractivity contribution in [1.82, 2.24) is 0 Å². The molecule has 18 heavy (non-hydrogen) atoms. The average Bonchev–Trinajstić information content (AvgIpc) is 3.05. The number of rotatable bonds is 4. The van der Waals surface area contributed by atoms with E-state index in [4.69, 9.17) is 9.84 Å². The third-order valence-electron chi connectivity index (χ3n) is 3.09. The maximum atomic E-state index is 13.1. The molecule has 1 aliphatic rings. The molecule has 0 aliphatic heterocycles. The summed E-state index contributed by atoms with van der Waals surface area (Å²) >= 11 is 0. The van der Waals surface area contributed by atoms with Crippen LogP contribution in [0.25, 0.3) is 0 Å². The highest BCUT2D eigenvalue weighted by Gasteiger charge is 2.43. The van der Waals surface area contributed by atoms with Crippen LogP contribution in [0.5, 0.6) is 5.75 Å². The number of carbonyl (C=O) groups is 1. The van der Waals surface area contributed by atoms with Gasteiger partial charge in [0, 0.05) is 0 Å². The van der Waals surface area contributed by atoms with Crippen LogP contribution in [0, 0.1) is 23.5 Å². The van der Waals surface area contributed by atoms with Crippen LogP contribution in [-0.2, 0) is 16.0 Å². The summed E-state index contributed by atoms with van der Waals surface area (Å²) in [7, 11) is 0. The van der Waals surface area contributed by atoms with Crippen LogP contribution < -0.4 is 0 Å². The standard InChI is InChI=1S/C13H14F2O3/c1-2-18-13(17)9-6-8(9)3-7-4-10(14)12(16)11(15)5-7/h4-5,8-9,16H,2-3,6H2,1H3. The van der Waals surface area contributed by atoms with Crippen molar-refractivity contribution in [1.29, 1.82) is 0 Å². The number of hydrogen-bond donors (Lipinski definition) is 1. The summed E-state index contributed by atoms with van der Waals surface area (Å²) < 4.78 is 31.1. The number of phenolic OH excluding ortho intramolecular Hbond substituents is 1. The lowest BCUT2D eigenvalue weighted by molar-refractivity contribution is -0.145. The monoisotopic (exact) mass is 256 g/mol. The van der Waals surface area contributed by atoms with Crippen molar-refractivity contribution in [3.05, 3.63) is 29.3 Å². The normalized spacial score (nSPS) is 21.7. The second kappa shape index (κ2) is 4.92. The van der Waals surface area contributed by atoms with Crippen molar-refractivity contribution >= 4 is 5.97 Å². The molecule has 1 fully saturated rings. The van der Waals surface area contributed by atoms with Crippen molar-refractivity contribution in [3.8, 4) is 5.75 Å². The van der Waals surface area contributed by atoms with Crippen molar-refractivity contribution < 1.29 is 23.4 Å². The van der Waals surface area contributed by atoms with E-state index in [0.717, 1.165) is 12.1 Å². The van der Waals surface area contributed by atoms with Gasteiger partial charge in [0.1, 0.15) is 0 Å². The maximum Gasteiger partial charge on any atom is 0.309 e. The van der Waals surface area contributed by atoms with Gasteiger partial charge in [-0.3, -0.25) is 4.79 Å². The molecule has 0 spiro atoms. The Morgan fingerprint density at radius 1 is 1.44 bits per heavy atom. The van der Waals surface area contributed by atoms with Crippen molar-refractivity contribution in [2.24, 2.45) is 11.8 Å². The molecule has 0 bridgehead atoms. The lowest BCUT2D eigenvalue weighted by atomic mass is 10.1. The highest BCUT2D eigenvalue weighted by molar-refractivity contribution is 5.75. The van der Waals surface area contributed by atoms with Crippen molar-refractivity contribution in [2.45, 2.75) is 19.8 Å². The Bertz CT molecular complexity index is 450. The Morgan fingerprint density at radius 2 is 2.06 bits per heavy atom. The van der Waals surface area contributed by atoms with Crippen molar-refractivity contribution in [2.75, 3.05) is 6.61 Å². The van der Waals surface area contributed by atoms with Crippen LogP contribution in [0.3, 0.4) is 0 Å². The van der Waals surface area contributed by atoms with Gasteiger partial charge in [-0.15, -0.1) is 0 Å². The summed E-state index contributed by atoms with van der Waals surface area (Å²) in [6.45, 7) is 2.07. The van der Waals surface area contributed by atoms with E-state index in [9.17, 15) is 13.6 Å². The molecule has 0 radical (unpaired) electrons. The van der Waals surface area contributed by atoms with E-state index in [0.29, 0.717) is 25.0 Å². The van der Waals surface area contributed by atoms with Crippen LogP contribution in [0.2, 0.25) is 0 Å². The molecular weight excluding hydrogens is 242 g/mol. The Balaban J connectivity index is 1.98. The van der Waals surface area contributed by atoms with E-state index in [2.05, 4.69) is 0 Å². The number of carbonyl (C=O) groups excluding carboxylic acids is 1. The molecule has 98 valence electrons. The predicted molar refractivity (Wildman–Crippen MR) is 60.0 cm³/mol. The van der Waals surface area contributed by atoms with Gasteiger partial charge in [-0.25, -0.2) is 8.78 Å². The molecule has 1 N–H and O–H groups in total. The van der Waals surface area contributed by atoms with Crippen LogP contribution in [0.1, 0.15) is 18.9 Å². The van der Waals surface area contributed by atoms with Gasteiger partial charge in [0.15, 0.2) is 17.4 Å². The molecule has 0 amide bonds. The summed E-state index contributed by atoms with van der Waals surface area (Å²) in [4.78, 5) is 11.4. The molecule has 1 aromatic rings. The number of aromatic hydroxyl groups is 1. The number of ether oxygens (including phenoxy) is 1. The molecule has 3 nitrogen and oxygen atoms in total. The maximum absolute atomic E-state index is 13.1. The van der Waals surface area contributed by atoms with Gasteiger partial charge in [0.25, 0.3) is 0 Å². The van der Waals surface area contributed by atoms with Gasteiger partial charge in [0.05, 0.1) is 12.5 Å². The molecular formula is C13H14F2O3. The molecule has 0 aromatic heterocycles. The van der Waals surface area contributed by atoms with Gasteiger partial charge >= 0.3 is 5.97 Å². The SMILES string of the molecule is CCOC(=O)C1CC1Cc1cc(F)c(O)c(F)c1. The molecule has 1 aliphatic carbocycles. The Hall–Kier alpha value is -1.65. The van der Waals surface area contributed by atoms with E-state index in [1.54, 1.807) is 6.92 Å². The highest BCUT2D eigenvalue weighted by Crippen LogP contribution is 2.42. The van der Waals surface area contributed by atoms with Crippen LogP contribution in [0.4, 0.5) is 8.78 Å². The minimum atomic E-state index is -0.974. The summed E-state index contributed by atoms with van der Waals surface area (Å²) in [5.41, 5.74) is 0.444. The van der Waals surface area contributed by atoms with Gasteiger partial charge in [-0.05, 0) is 43.4 Å². The van der Waals surface area contributed by atoms with Crippen LogP contribution >= 0.6 is 0 Å². The number of benzene rings is 1. The zero-order valence-electron chi connectivity index (χ0n) is 9.95. The summed E-state index contributed by atoms with van der Waals surface area (Å²) in [6.07, 6.45) is 1.10. The summed E-state index contributed by atoms with van der Waals surface area (Å²) in [6, 6.07) is 2.19. The van der Waals surface area contributed by atoms with E-state index in [-0.39, 0.29) is 17.8 Å². The molecule has 2 rings (SSSR count). The first-order valence-corrected chi connectivity index (χ1v) is 5.86. The number of esters is 1. The van der Waals surface area contributed by atoms with E-state index >= 15 is 0 Å². The molecule has 1 saturated carbocycles. The third kappa shape index (κ3) is 2.60. The second-order valence-electron chi connectivity index (χ2n) is 4.47. The Morgan fingerprint density at radius 3 is 2.61 bits per heavy atom. The van der Waals surface area contributed by atoms with Crippen LogP contribution in [0.15, 0.2) is 12.1 Å². The van der Waals surface area contributed by atoms with E-state index in [1.807, 2.05) is 0 Å². The fourth-order valence-corrected chi connectivity index (χ4v) is 2.05. The van der Waals surface area contributed by atoms with Crippen molar-refractivity contribution in [3.63, 3.8) is 0 Å². The molecule has 0 heterocycles. The summed E-state index contributed by atoms with van der Waals surface area (Å²) in [5, 5.41) is 8.97. The molecule has 0 saturated heterocycles. The quantitative estimate of drug-likeness (QED) is 0.841. The zero-order valence-corrected chi connectivity index (χ0v) is 9.95. The van der Waals surface area contributed by atoms with E-state index < -0.39 is 17.4 Å². The first kappa shape index (κ1) is 12.8. The molecule has 1 aromatic carbocycles. The lowest BCUT2D eigenvalue weighted by Crippen LogP contribution is -2.08. The van der Waals surface area contributed by atoms with E-state index in [1.165, 1.54) is 0 Å². The number of halogens is 2. The zero-order chi connectivity index (χ0) is 13.3. The minimum Gasteiger partial charge on any atom is -0.503 e. The average molecular weight is 256 g/mol. The second-order valence-corrected chi connectivity index (χ2v) is 4.47. The fraction of sp³-hybridized carbons (Fsp3) is 0.462. The van der Waals surface area contributed by atoms with Gasteiger partial charge in [-0.2, -0.15) is 0 Å². The minimum absolute atomic E-state index is 0.0763. The predicted octanol–water partition coefficient (Wildman–Crippen LogP) is 2.41. The largest absolute Gasteiger partial charge is 0.503 e. The molecule has 2 unspecified atom stereocenters. The number of phenols is 1. The summed E-state index contributed by atoms with van der Waals surface area (Å²) in [5.74, 6) is -3.24. The Kier molecular flexibility index (Phi) is 3.50. The molecule has 5 heteroatoms. The first-order chi connectivity index (χ1) is 8.52. The lowest BCUT2D eigenvalue weighted by Gasteiger charge is -2.04. The van der Waals surface area contributed by atoms with Crippen LogP contribution in [-0.4, -0.2) is 17.7 Å². The fourth-order valence-electron chi connectivity index (χ4n) is 2.05. The molecule has 2 atom stereocenters. The first-order valence-electron chi connectivity index (χ1n) is 5.86. The smallest absolute Gasteiger partial charge is 0.309 e. The number of hydrogen-bond acceptors (Lipinski definition) is 3.